The van der Waals surface area contributed by atoms with Gasteiger partial charge in [-0.05, 0) is 56.5 Å². The molecule has 100 valence electrons. The second-order valence-electron chi connectivity index (χ2n) is 5.75. The van der Waals surface area contributed by atoms with Crippen LogP contribution in [0.1, 0.15) is 36.8 Å². The van der Waals surface area contributed by atoms with Crippen LogP contribution in [0.5, 0.6) is 0 Å². The molecular weight excluding hydrogens is 234 g/mol. The van der Waals surface area contributed by atoms with Crippen LogP contribution in [0.25, 0.3) is 0 Å². The van der Waals surface area contributed by atoms with E-state index in [2.05, 4.69) is 22.4 Å². The van der Waals surface area contributed by atoms with E-state index in [1.54, 1.807) is 0 Å². The first kappa shape index (κ1) is 12.7. The summed E-state index contributed by atoms with van der Waals surface area (Å²) in [4.78, 5) is 2.65. The van der Waals surface area contributed by atoms with Gasteiger partial charge < -0.3 is 10.2 Å². The van der Waals surface area contributed by atoms with Gasteiger partial charge in [0.05, 0.1) is 11.6 Å². The van der Waals surface area contributed by atoms with E-state index in [1.165, 1.54) is 44.3 Å². The zero-order chi connectivity index (χ0) is 13.1. The summed E-state index contributed by atoms with van der Waals surface area (Å²) in [7, 11) is 0. The molecule has 0 aromatic heterocycles. The second-order valence-corrected chi connectivity index (χ2v) is 5.75. The van der Waals surface area contributed by atoms with Crippen LogP contribution in [0.2, 0.25) is 0 Å². The number of hydrogen-bond donors (Lipinski definition) is 1. The number of fused-ring (bicyclic) bond motifs is 1. The van der Waals surface area contributed by atoms with Crippen molar-refractivity contribution in [2.45, 2.75) is 44.3 Å². The Bertz CT molecular complexity index is 477. The number of nitrogens with one attached hydrogen (secondary N) is 1. The predicted molar refractivity (Wildman–Crippen MR) is 75.6 cm³/mol. The lowest BCUT2D eigenvalue weighted by atomic mass is 9.97. The van der Waals surface area contributed by atoms with Gasteiger partial charge in [-0.15, -0.1) is 0 Å². The molecule has 0 saturated carbocycles. The number of hydrogen-bond acceptors (Lipinski definition) is 3. The van der Waals surface area contributed by atoms with Gasteiger partial charge in [0.2, 0.25) is 0 Å². The topological polar surface area (TPSA) is 39.1 Å². The second kappa shape index (κ2) is 5.73. The highest BCUT2D eigenvalue weighted by atomic mass is 15.2. The Balaban J connectivity index is 1.53. The summed E-state index contributed by atoms with van der Waals surface area (Å²) in [5, 5.41) is 12.6. The molecule has 2 aliphatic rings. The summed E-state index contributed by atoms with van der Waals surface area (Å²) in [5.41, 5.74) is 1.97. The van der Waals surface area contributed by atoms with Crippen LogP contribution in [-0.2, 0) is 6.54 Å². The van der Waals surface area contributed by atoms with Crippen molar-refractivity contribution in [3.8, 4) is 6.07 Å². The van der Waals surface area contributed by atoms with Crippen LogP contribution in [0.15, 0.2) is 24.3 Å². The minimum absolute atomic E-state index is 0.644. The van der Waals surface area contributed by atoms with Gasteiger partial charge in [0.1, 0.15) is 0 Å². The van der Waals surface area contributed by atoms with E-state index < -0.39 is 0 Å². The zero-order valence-corrected chi connectivity index (χ0v) is 11.3. The van der Waals surface area contributed by atoms with Crippen LogP contribution in [0.3, 0.4) is 0 Å². The Morgan fingerprint density at radius 1 is 1.32 bits per heavy atom. The van der Waals surface area contributed by atoms with Crippen molar-refractivity contribution in [2.24, 2.45) is 0 Å². The molecular formula is C16H21N3. The molecule has 0 radical (unpaired) electrons. The highest BCUT2D eigenvalue weighted by Gasteiger charge is 2.31. The van der Waals surface area contributed by atoms with Crippen LogP contribution < -0.4 is 5.32 Å². The molecule has 3 heteroatoms. The molecule has 0 amide bonds. The molecule has 2 fully saturated rings. The molecule has 3 nitrogen and oxygen atoms in total. The minimum Gasteiger partial charge on any atom is -0.310 e. The van der Waals surface area contributed by atoms with Crippen molar-refractivity contribution in [2.75, 3.05) is 13.1 Å². The summed E-state index contributed by atoms with van der Waals surface area (Å²) in [5.74, 6) is 0. The first-order chi connectivity index (χ1) is 9.35. The van der Waals surface area contributed by atoms with E-state index in [0.717, 1.165) is 18.2 Å². The fourth-order valence-electron chi connectivity index (χ4n) is 3.42. The highest BCUT2D eigenvalue weighted by Crippen LogP contribution is 2.26. The van der Waals surface area contributed by atoms with Gasteiger partial charge in [-0.2, -0.15) is 5.26 Å². The van der Waals surface area contributed by atoms with Crippen molar-refractivity contribution < 1.29 is 0 Å². The monoisotopic (exact) mass is 255 g/mol. The van der Waals surface area contributed by atoms with Gasteiger partial charge >= 0.3 is 0 Å². The maximum Gasteiger partial charge on any atom is 0.0991 e. The molecule has 2 atom stereocenters. The highest BCUT2D eigenvalue weighted by molar-refractivity contribution is 5.32. The van der Waals surface area contributed by atoms with Crippen molar-refractivity contribution in [1.29, 1.82) is 5.26 Å². The fourth-order valence-corrected chi connectivity index (χ4v) is 3.42. The Labute approximate surface area is 115 Å². The molecule has 19 heavy (non-hydrogen) atoms. The van der Waals surface area contributed by atoms with Crippen molar-refractivity contribution in [1.82, 2.24) is 10.2 Å². The van der Waals surface area contributed by atoms with Crippen molar-refractivity contribution >= 4 is 0 Å². The average molecular weight is 255 g/mol. The Kier molecular flexibility index (Phi) is 3.82. The number of benzene rings is 1. The van der Waals surface area contributed by atoms with Crippen LogP contribution in [0.4, 0.5) is 0 Å². The van der Waals surface area contributed by atoms with E-state index in [4.69, 9.17) is 5.26 Å². The number of nitriles is 1. The van der Waals surface area contributed by atoms with E-state index in [0.29, 0.717) is 6.04 Å². The molecule has 0 aliphatic carbocycles. The fraction of sp³-hybridized carbons (Fsp3) is 0.562. The van der Waals surface area contributed by atoms with E-state index in [-0.39, 0.29) is 0 Å². The summed E-state index contributed by atoms with van der Waals surface area (Å²) in [6.07, 6.45) is 5.30. The van der Waals surface area contributed by atoms with E-state index in [1.807, 2.05) is 18.2 Å². The maximum absolute atomic E-state index is 8.91. The molecule has 3 rings (SSSR count). The predicted octanol–water partition coefficient (Wildman–Crippen LogP) is 2.27. The summed E-state index contributed by atoms with van der Waals surface area (Å²) < 4.78 is 0. The molecule has 2 unspecified atom stereocenters. The third-order valence-corrected chi connectivity index (χ3v) is 4.47. The van der Waals surface area contributed by atoms with Gasteiger partial charge in [-0.3, -0.25) is 0 Å². The van der Waals surface area contributed by atoms with Gasteiger partial charge in [0.25, 0.3) is 0 Å². The van der Waals surface area contributed by atoms with E-state index >= 15 is 0 Å². The molecule has 2 saturated heterocycles. The summed E-state index contributed by atoms with van der Waals surface area (Å²) in [6.45, 7) is 3.44. The Hall–Kier alpha value is -1.37. The van der Waals surface area contributed by atoms with Crippen LogP contribution >= 0.6 is 0 Å². The molecule has 1 aromatic carbocycles. The standard InChI is InChI=1S/C16H21N3/c17-11-13-3-1-4-14(9-13)12-18-15-6-8-19-7-2-5-16(19)10-15/h1,3-4,9,15-16,18H,2,5-8,10,12H2. The average Bonchev–Trinajstić information content (AvgIpc) is 2.93. The molecule has 0 spiro atoms. The minimum atomic E-state index is 0.644. The molecule has 1 N–H and O–H groups in total. The van der Waals surface area contributed by atoms with Crippen LogP contribution in [-0.4, -0.2) is 30.1 Å². The smallest absolute Gasteiger partial charge is 0.0991 e. The Morgan fingerprint density at radius 3 is 3.16 bits per heavy atom. The summed E-state index contributed by atoms with van der Waals surface area (Å²) >= 11 is 0. The first-order valence-corrected chi connectivity index (χ1v) is 7.31. The van der Waals surface area contributed by atoms with Gasteiger partial charge in [-0.1, -0.05) is 12.1 Å². The van der Waals surface area contributed by atoms with Gasteiger partial charge in [0.15, 0.2) is 0 Å². The zero-order valence-electron chi connectivity index (χ0n) is 11.3. The quantitative estimate of drug-likeness (QED) is 0.900. The Morgan fingerprint density at radius 2 is 2.26 bits per heavy atom. The lowest BCUT2D eigenvalue weighted by Crippen LogP contribution is -2.45. The SMILES string of the molecule is N#Cc1cccc(CNC2CCN3CCCC3C2)c1. The maximum atomic E-state index is 8.91. The van der Waals surface area contributed by atoms with Crippen LogP contribution in [0, 0.1) is 11.3 Å². The first-order valence-electron chi connectivity index (χ1n) is 7.31. The molecule has 1 aromatic rings. The normalized spacial score (nSPS) is 26.9. The van der Waals surface area contributed by atoms with Gasteiger partial charge in [0, 0.05) is 18.6 Å². The largest absolute Gasteiger partial charge is 0.310 e. The molecule has 2 heterocycles. The third kappa shape index (κ3) is 2.97. The van der Waals surface area contributed by atoms with Crippen molar-refractivity contribution in [3.63, 3.8) is 0 Å². The lowest BCUT2D eigenvalue weighted by molar-refractivity contribution is 0.166. The molecule has 2 aliphatic heterocycles. The summed E-state index contributed by atoms with van der Waals surface area (Å²) in [6, 6.07) is 11.6. The third-order valence-electron chi connectivity index (χ3n) is 4.47. The van der Waals surface area contributed by atoms with E-state index in [9.17, 15) is 0 Å². The lowest BCUT2D eigenvalue weighted by Gasteiger charge is -2.35. The number of piperidine rings is 1. The number of nitrogens with zero attached hydrogens (tertiary/aromatic N) is 2. The number of rotatable bonds is 3. The van der Waals surface area contributed by atoms with Crippen molar-refractivity contribution in [3.05, 3.63) is 35.4 Å². The molecule has 0 bridgehead atoms. The van der Waals surface area contributed by atoms with Gasteiger partial charge in [-0.25, -0.2) is 0 Å².